The summed E-state index contributed by atoms with van der Waals surface area (Å²) in [6.07, 6.45) is 0. The van der Waals surface area contributed by atoms with E-state index in [1.165, 1.54) is 12.1 Å². The molecule has 1 N–H and O–H groups in total. The minimum Gasteiger partial charge on any atom is -0.478 e. The molecule has 0 radical (unpaired) electrons. The fraction of sp³-hybridized carbons (Fsp3) is 0.308. The zero-order valence-corrected chi connectivity index (χ0v) is 11.3. The maximum atomic E-state index is 13.3. The van der Waals surface area contributed by atoms with Crippen molar-refractivity contribution in [3.63, 3.8) is 0 Å². The van der Waals surface area contributed by atoms with Crippen LogP contribution in [0.4, 0.5) is 4.39 Å². The monoisotopic (exact) mass is 265 g/mol. The average molecular weight is 265 g/mol. The van der Waals surface area contributed by atoms with Crippen LogP contribution in [0.15, 0.2) is 18.2 Å². The molecule has 0 bridgehead atoms. The normalized spacial score (nSPS) is 9.74. The molecule has 2 aromatic rings. The molecule has 0 atom stereocenters. The minimum absolute atomic E-state index is 0.104. The van der Waals surface area contributed by atoms with Crippen molar-refractivity contribution < 1.29 is 14.3 Å². The van der Waals surface area contributed by atoms with Crippen LogP contribution in [0.25, 0.3) is 5.69 Å². The van der Waals surface area contributed by atoms with E-state index < -0.39 is 11.8 Å². The molecular weight excluding hydrogens is 249 g/mol. The molecule has 0 amide bonds. The predicted octanol–water partition coefficient (Wildman–Crippen LogP) is 2.75. The summed E-state index contributed by atoms with van der Waals surface area (Å²) in [5, 5.41) is 16.5. The largest absolute Gasteiger partial charge is 0.478 e. The quantitative estimate of drug-likeness (QED) is 0.906. The fourth-order valence-electron chi connectivity index (χ4n) is 1.67. The second-order valence-electron chi connectivity index (χ2n) is 3.63. The molecule has 0 aliphatic heterocycles. The van der Waals surface area contributed by atoms with E-state index >= 15 is 0 Å². The Hall–Kier alpha value is -2.24. The molecule has 19 heavy (non-hydrogen) atoms. The Balaban J connectivity index is 0.000000861. The third-order valence-corrected chi connectivity index (χ3v) is 2.37. The number of aromatic nitrogens is 3. The van der Waals surface area contributed by atoms with Gasteiger partial charge in [0.2, 0.25) is 0 Å². The van der Waals surface area contributed by atoms with Crippen molar-refractivity contribution in [2.45, 2.75) is 27.7 Å². The molecule has 1 aromatic carbocycles. The van der Waals surface area contributed by atoms with E-state index in [4.69, 9.17) is 5.11 Å². The third kappa shape index (κ3) is 3.15. The number of rotatable bonds is 2. The number of halogens is 1. The van der Waals surface area contributed by atoms with Gasteiger partial charge in [0.25, 0.3) is 0 Å². The molecule has 0 saturated carbocycles. The molecule has 5 nitrogen and oxygen atoms in total. The topological polar surface area (TPSA) is 68.0 Å². The third-order valence-electron chi connectivity index (χ3n) is 2.37. The molecular formula is C13H16FN3O2. The SMILES string of the molecule is CC.Cc1nnc(C)n1-c1cc(F)cc(C(=O)O)c1. The van der Waals surface area contributed by atoms with Crippen molar-refractivity contribution in [2.24, 2.45) is 0 Å². The number of nitrogens with zero attached hydrogens (tertiary/aromatic N) is 3. The van der Waals surface area contributed by atoms with E-state index in [9.17, 15) is 9.18 Å². The molecule has 0 aliphatic rings. The molecule has 0 fully saturated rings. The second-order valence-corrected chi connectivity index (χ2v) is 3.63. The van der Waals surface area contributed by atoms with Gasteiger partial charge in [0, 0.05) is 0 Å². The first kappa shape index (κ1) is 14.8. The molecule has 0 saturated heterocycles. The van der Waals surface area contributed by atoms with Crippen LogP contribution < -0.4 is 0 Å². The average Bonchev–Trinajstić information content (AvgIpc) is 2.70. The van der Waals surface area contributed by atoms with Gasteiger partial charge in [-0.1, -0.05) is 13.8 Å². The maximum absolute atomic E-state index is 13.3. The Morgan fingerprint density at radius 1 is 1.16 bits per heavy atom. The summed E-state index contributed by atoms with van der Waals surface area (Å²) in [7, 11) is 0. The Morgan fingerprint density at radius 2 is 1.68 bits per heavy atom. The number of carboxylic acid groups (broad SMARTS) is 1. The van der Waals surface area contributed by atoms with Crippen molar-refractivity contribution in [1.82, 2.24) is 14.8 Å². The Kier molecular flexibility index (Phi) is 4.74. The van der Waals surface area contributed by atoms with E-state index in [0.717, 1.165) is 6.07 Å². The molecule has 2 rings (SSSR count). The first-order valence-corrected chi connectivity index (χ1v) is 5.92. The zero-order chi connectivity index (χ0) is 14.6. The number of hydrogen-bond donors (Lipinski definition) is 1. The molecule has 0 spiro atoms. The van der Waals surface area contributed by atoms with Gasteiger partial charge in [-0.2, -0.15) is 0 Å². The van der Waals surface area contributed by atoms with E-state index in [2.05, 4.69) is 10.2 Å². The molecule has 1 aromatic heterocycles. The number of carboxylic acids is 1. The Labute approximate surface area is 110 Å². The number of aromatic carboxylic acids is 1. The second kappa shape index (κ2) is 6.08. The van der Waals surface area contributed by atoms with E-state index in [1.807, 2.05) is 13.8 Å². The van der Waals surface area contributed by atoms with Gasteiger partial charge in [-0.3, -0.25) is 4.57 Å². The number of aryl methyl sites for hydroxylation is 2. The highest BCUT2D eigenvalue weighted by atomic mass is 19.1. The molecule has 0 aliphatic carbocycles. The van der Waals surface area contributed by atoms with Crippen LogP contribution in [0.1, 0.15) is 35.9 Å². The lowest BCUT2D eigenvalue weighted by molar-refractivity contribution is 0.0696. The summed E-state index contributed by atoms with van der Waals surface area (Å²) in [4.78, 5) is 10.8. The van der Waals surface area contributed by atoms with Crippen LogP contribution in [0, 0.1) is 19.7 Å². The molecule has 6 heteroatoms. The van der Waals surface area contributed by atoms with Gasteiger partial charge < -0.3 is 5.11 Å². The number of hydrogen-bond acceptors (Lipinski definition) is 3. The van der Waals surface area contributed by atoms with Gasteiger partial charge in [-0.05, 0) is 32.0 Å². The number of benzene rings is 1. The van der Waals surface area contributed by atoms with Crippen LogP contribution in [-0.4, -0.2) is 25.8 Å². The summed E-state index contributed by atoms with van der Waals surface area (Å²) in [6.45, 7) is 7.43. The van der Waals surface area contributed by atoms with E-state index in [-0.39, 0.29) is 5.56 Å². The lowest BCUT2D eigenvalue weighted by atomic mass is 10.2. The Bertz CT molecular complexity index is 574. The van der Waals surface area contributed by atoms with Crippen LogP contribution in [0.5, 0.6) is 0 Å². The highest BCUT2D eigenvalue weighted by molar-refractivity contribution is 5.88. The summed E-state index contributed by atoms with van der Waals surface area (Å²) in [5.41, 5.74) is 0.301. The van der Waals surface area contributed by atoms with Crippen molar-refractivity contribution in [3.8, 4) is 5.69 Å². The van der Waals surface area contributed by atoms with Crippen molar-refractivity contribution in [1.29, 1.82) is 0 Å². The van der Waals surface area contributed by atoms with Gasteiger partial charge >= 0.3 is 5.97 Å². The van der Waals surface area contributed by atoms with Gasteiger partial charge in [-0.25, -0.2) is 9.18 Å². The highest BCUT2D eigenvalue weighted by Gasteiger charge is 2.12. The van der Waals surface area contributed by atoms with Crippen molar-refractivity contribution in [2.75, 3.05) is 0 Å². The van der Waals surface area contributed by atoms with Crippen LogP contribution >= 0.6 is 0 Å². The van der Waals surface area contributed by atoms with Gasteiger partial charge in [0.1, 0.15) is 17.5 Å². The zero-order valence-electron chi connectivity index (χ0n) is 11.3. The smallest absolute Gasteiger partial charge is 0.335 e. The van der Waals surface area contributed by atoms with Gasteiger partial charge in [0.05, 0.1) is 11.3 Å². The lowest BCUT2D eigenvalue weighted by Gasteiger charge is -2.07. The highest BCUT2D eigenvalue weighted by Crippen LogP contribution is 2.16. The minimum atomic E-state index is -1.17. The first-order chi connectivity index (χ1) is 8.99. The van der Waals surface area contributed by atoms with E-state index in [1.54, 1.807) is 18.4 Å². The maximum Gasteiger partial charge on any atom is 0.335 e. The predicted molar refractivity (Wildman–Crippen MR) is 69.1 cm³/mol. The summed E-state index contributed by atoms with van der Waals surface area (Å²) in [6, 6.07) is 3.60. The standard InChI is InChI=1S/C11H10FN3O2.C2H6/c1-6-13-14-7(2)15(6)10-4-8(11(16)17)3-9(12)5-10;1-2/h3-5H,1-2H3,(H,16,17);1-2H3. The summed E-state index contributed by atoms with van der Waals surface area (Å²) in [5.74, 6) is -0.629. The first-order valence-electron chi connectivity index (χ1n) is 5.92. The van der Waals surface area contributed by atoms with Gasteiger partial charge in [0.15, 0.2) is 0 Å². The van der Waals surface area contributed by atoms with Crippen molar-refractivity contribution in [3.05, 3.63) is 41.2 Å². The van der Waals surface area contributed by atoms with Crippen LogP contribution in [-0.2, 0) is 0 Å². The van der Waals surface area contributed by atoms with Crippen LogP contribution in [0.3, 0.4) is 0 Å². The van der Waals surface area contributed by atoms with Crippen LogP contribution in [0.2, 0.25) is 0 Å². The molecule has 1 heterocycles. The number of carbonyl (C=O) groups is 1. The lowest BCUT2D eigenvalue weighted by Crippen LogP contribution is -2.04. The molecule has 102 valence electrons. The van der Waals surface area contributed by atoms with Gasteiger partial charge in [-0.15, -0.1) is 10.2 Å². The molecule has 0 unspecified atom stereocenters. The summed E-state index contributed by atoms with van der Waals surface area (Å²) >= 11 is 0. The summed E-state index contributed by atoms with van der Waals surface area (Å²) < 4.78 is 14.9. The fourth-order valence-corrected chi connectivity index (χ4v) is 1.67. The van der Waals surface area contributed by atoms with E-state index in [0.29, 0.717) is 17.3 Å². The van der Waals surface area contributed by atoms with Crippen molar-refractivity contribution >= 4 is 5.97 Å². The Morgan fingerprint density at radius 3 is 2.16 bits per heavy atom.